The third kappa shape index (κ3) is 1.88. The van der Waals surface area contributed by atoms with E-state index in [9.17, 15) is 4.79 Å². The largest absolute Gasteiger partial charge is 0.480 e. The molecule has 0 aliphatic carbocycles. The average Bonchev–Trinajstić information content (AvgIpc) is 2.65. The summed E-state index contributed by atoms with van der Waals surface area (Å²) in [5, 5.41) is 13.8. The molecule has 1 N–H and O–H groups in total. The van der Waals surface area contributed by atoms with Crippen LogP contribution in [-0.2, 0) is 4.79 Å². The molecule has 6 heteroatoms. The zero-order valence-corrected chi connectivity index (χ0v) is 9.73. The normalized spacial score (nSPS) is 11.9. The number of hydrogen-bond donors (Lipinski definition) is 1. The van der Waals surface area contributed by atoms with E-state index in [-0.39, 0.29) is 0 Å². The minimum absolute atomic E-state index is 0.674. The molecule has 0 bridgehead atoms. The van der Waals surface area contributed by atoms with Gasteiger partial charge in [-0.2, -0.15) is 5.10 Å². The van der Waals surface area contributed by atoms with Crippen molar-refractivity contribution in [3.63, 3.8) is 0 Å². The van der Waals surface area contributed by atoms with Crippen LogP contribution < -0.4 is 0 Å². The number of carboxylic acids is 1. The zero-order valence-electron chi connectivity index (χ0n) is 8.91. The Kier molecular flexibility index (Phi) is 2.59. The second-order valence-corrected chi connectivity index (χ2v) is 5.42. The van der Waals surface area contributed by atoms with E-state index >= 15 is 0 Å². The summed E-state index contributed by atoms with van der Waals surface area (Å²) in [6.45, 7) is 3.31. The van der Waals surface area contributed by atoms with Crippen LogP contribution in [0, 0.1) is 0 Å². The maximum absolute atomic E-state index is 11.0. The summed E-state index contributed by atoms with van der Waals surface area (Å²) < 4.78 is 0.770. The molecule has 0 saturated carbocycles. The Balaban J connectivity index is 2.41. The molecule has 16 heavy (non-hydrogen) atoms. The fourth-order valence-electron chi connectivity index (χ4n) is 1.20. The predicted molar refractivity (Wildman–Crippen MR) is 60.6 cm³/mol. The van der Waals surface area contributed by atoms with E-state index < -0.39 is 10.7 Å². The quantitative estimate of drug-likeness (QED) is 0.823. The van der Waals surface area contributed by atoms with Crippen LogP contribution >= 0.6 is 11.8 Å². The van der Waals surface area contributed by atoms with Gasteiger partial charge in [-0.05, 0) is 19.9 Å². The summed E-state index contributed by atoms with van der Waals surface area (Å²) in [7, 11) is 0. The fourth-order valence-corrected chi connectivity index (χ4v) is 2.15. The van der Waals surface area contributed by atoms with Gasteiger partial charge in [-0.3, -0.25) is 4.79 Å². The van der Waals surface area contributed by atoms with Gasteiger partial charge in [-0.1, -0.05) is 11.8 Å². The second-order valence-electron chi connectivity index (χ2n) is 3.81. The molecule has 0 radical (unpaired) electrons. The van der Waals surface area contributed by atoms with Crippen LogP contribution in [0.3, 0.4) is 0 Å². The Morgan fingerprint density at radius 1 is 1.50 bits per heavy atom. The SMILES string of the molecule is CC(C)(Sc1nccn2nccc12)C(=O)O. The average molecular weight is 237 g/mol. The van der Waals surface area contributed by atoms with Crippen molar-refractivity contribution in [3.05, 3.63) is 24.7 Å². The molecule has 0 aromatic carbocycles. The van der Waals surface area contributed by atoms with Gasteiger partial charge in [0.2, 0.25) is 0 Å². The first-order valence-corrected chi connectivity index (χ1v) is 5.53. The van der Waals surface area contributed by atoms with E-state index in [1.165, 1.54) is 11.8 Å². The number of carbonyl (C=O) groups is 1. The standard InChI is InChI=1S/C10H11N3O2S/c1-10(2,9(14)15)16-8-7-3-4-12-13(7)6-5-11-8/h3-6H,1-2H3,(H,14,15). The minimum atomic E-state index is -0.904. The third-order valence-electron chi connectivity index (χ3n) is 2.16. The monoisotopic (exact) mass is 237 g/mol. The highest BCUT2D eigenvalue weighted by Crippen LogP contribution is 2.33. The van der Waals surface area contributed by atoms with Crippen molar-refractivity contribution in [1.82, 2.24) is 14.6 Å². The van der Waals surface area contributed by atoms with E-state index in [4.69, 9.17) is 5.11 Å². The Labute approximate surface area is 96.5 Å². The van der Waals surface area contributed by atoms with Gasteiger partial charge < -0.3 is 5.11 Å². The number of carboxylic acid groups (broad SMARTS) is 1. The number of fused-ring (bicyclic) bond motifs is 1. The highest BCUT2D eigenvalue weighted by atomic mass is 32.2. The van der Waals surface area contributed by atoms with Gasteiger partial charge in [-0.25, -0.2) is 9.50 Å². The topological polar surface area (TPSA) is 67.5 Å². The Bertz CT molecular complexity index is 536. The summed E-state index contributed by atoms with van der Waals surface area (Å²) >= 11 is 1.22. The van der Waals surface area contributed by atoms with Crippen LogP contribution in [-0.4, -0.2) is 30.4 Å². The highest BCUT2D eigenvalue weighted by Gasteiger charge is 2.29. The van der Waals surface area contributed by atoms with Crippen LogP contribution in [0.4, 0.5) is 0 Å². The van der Waals surface area contributed by atoms with Crippen molar-refractivity contribution in [1.29, 1.82) is 0 Å². The molecule has 0 saturated heterocycles. The summed E-state index contributed by atoms with van der Waals surface area (Å²) in [5.41, 5.74) is 0.821. The van der Waals surface area contributed by atoms with E-state index in [1.807, 2.05) is 6.07 Å². The lowest BCUT2D eigenvalue weighted by molar-refractivity contribution is -0.138. The van der Waals surface area contributed by atoms with Crippen molar-refractivity contribution in [2.45, 2.75) is 23.6 Å². The lowest BCUT2D eigenvalue weighted by Gasteiger charge is -2.17. The lowest BCUT2D eigenvalue weighted by atomic mass is 10.2. The van der Waals surface area contributed by atoms with E-state index in [0.29, 0.717) is 5.03 Å². The number of aromatic nitrogens is 3. The Morgan fingerprint density at radius 2 is 2.25 bits per heavy atom. The van der Waals surface area contributed by atoms with Crippen molar-refractivity contribution >= 4 is 23.2 Å². The summed E-state index contributed by atoms with van der Waals surface area (Å²) in [4.78, 5) is 15.2. The first-order valence-electron chi connectivity index (χ1n) is 4.71. The van der Waals surface area contributed by atoms with Crippen LogP contribution in [0.5, 0.6) is 0 Å². The van der Waals surface area contributed by atoms with Crippen LogP contribution in [0.2, 0.25) is 0 Å². The molecule has 0 aliphatic heterocycles. The maximum Gasteiger partial charge on any atom is 0.319 e. The molecular weight excluding hydrogens is 226 g/mol. The molecule has 84 valence electrons. The fraction of sp³-hybridized carbons (Fsp3) is 0.300. The van der Waals surface area contributed by atoms with Gasteiger partial charge in [0.05, 0.1) is 11.7 Å². The van der Waals surface area contributed by atoms with E-state index in [1.54, 1.807) is 37.0 Å². The lowest BCUT2D eigenvalue weighted by Crippen LogP contribution is -2.27. The second kappa shape index (κ2) is 3.79. The molecule has 2 aromatic rings. The van der Waals surface area contributed by atoms with Crippen molar-refractivity contribution in [3.8, 4) is 0 Å². The molecule has 0 fully saturated rings. The molecule has 2 rings (SSSR count). The van der Waals surface area contributed by atoms with Gasteiger partial charge in [-0.15, -0.1) is 0 Å². The molecule has 0 amide bonds. The zero-order chi connectivity index (χ0) is 11.8. The Hall–Kier alpha value is -1.56. The summed E-state index contributed by atoms with van der Waals surface area (Å²) in [6, 6.07) is 1.81. The van der Waals surface area contributed by atoms with Gasteiger partial charge >= 0.3 is 5.97 Å². The smallest absolute Gasteiger partial charge is 0.319 e. The van der Waals surface area contributed by atoms with Crippen LogP contribution in [0.1, 0.15) is 13.8 Å². The predicted octanol–water partition coefficient (Wildman–Crippen LogP) is 1.68. The number of rotatable bonds is 3. The number of hydrogen-bond acceptors (Lipinski definition) is 4. The van der Waals surface area contributed by atoms with Crippen molar-refractivity contribution in [2.24, 2.45) is 0 Å². The molecular formula is C10H11N3O2S. The summed E-state index contributed by atoms with van der Waals surface area (Å²) in [5.74, 6) is -0.860. The molecule has 5 nitrogen and oxygen atoms in total. The molecule has 2 heterocycles. The first-order chi connectivity index (χ1) is 7.50. The molecule has 0 spiro atoms. The molecule has 0 atom stereocenters. The van der Waals surface area contributed by atoms with Gasteiger partial charge in [0.1, 0.15) is 9.77 Å². The number of nitrogens with zero attached hydrogens (tertiary/aromatic N) is 3. The Morgan fingerprint density at radius 3 is 2.94 bits per heavy atom. The van der Waals surface area contributed by atoms with Crippen LogP contribution in [0.25, 0.3) is 5.52 Å². The minimum Gasteiger partial charge on any atom is -0.480 e. The van der Waals surface area contributed by atoms with Crippen LogP contribution in [0.15, 0.2) is 29.7 Å². The van der Waals surface area contributed by atoms with Gasteiger partial charge in [0, 0.05) is 12.4 Å². The molecule has 0 unspecified atom stereocenters. The number of aliphatic carboxylic acids is 1. The first kappa shape index (κ1) is 10.9. The van der Waals surface area contributed by atoms with Crippen molar-refractivity contribution < 1.29 is 9.90 Å². The maximum atomic E-state index is 11.0. The highest BCUT2D eigenvalue weighted by molar-refractivity contribution is 8.01. The molecule has 2 aromatic heterocycles. The number of thioether (sulfide) groups is 1. The molecule has 0 aliphatic rings. The third-order valence-corrected chi connectivity index (χ3v) is 3.35. The summed E-state index contributed by atoms with van der Waals surface area (Å²) in [6.07, 6.45) is 5.00. The van der Waals surface area contributed by atoms with Gasteiger partial charge in [0.25, 0.3) is 0 Å². The van der Waals surface area contributed by atoms with Crippen molar-refractivity contribution in [2.75, 3.05) is 0 Å². The van der Waals surface area contributed by atoms with E-state index in [2.05, 4.69) is 10.1 Å². The van der Waals surface area contributed by atoms with Gasteiger partial charge in [0.15, 0.2) is 0 Å². The van der Waals surface area contributed by atoms with E-state index in [0.717, 1.165) is 5.52 Å².